The molecular formula is C20H19BrO3. The molecule has 0 aromatic heterocycles. The zero-order valence-corrected chi connectivity index (χ0v) is 15.3. The molecule has 0 fully saturated rings. The highest BCUT2D eigenvalue weighted by Gasteiger charge is 2.56. The first-order chi connectivity index (χ1) is 11.3. The molecule has 0 saturated carbocycles. The maximum absolute atomic E-state index is 12.9. The van der Waals surface area contributed by atoms with Crippen LogP contribution in [0.1, 0.15) is 30.4 Å². The number of hydrogen-bond acceptors (Lipinski definition) is 3. The van der Waals surface area contributed by atoms with Crippen molar-refractivity contribution in [2.24, 2.45) is 5.92 Å². The van der Waals surface area contributed by atoms with Crippen LogP contribution in [0.5, 0.6) is 5.75 Å². The Bertz CT molecular complexity index is 818. The Kier molecular flexibility index (Phi) is 4.12. The minimum absolute atomic E-state index is 0.00587. The van der Waals surface area contributed by atoms with Crippen LogP contribution < -0.4 is 0 Å². The van der Waals surface area contributed by atoms with Gasteiger partial charge in [0, 0.05) is 11.8 Å². The van der Waals surface area contributed by atoms with Gasteiger partial charge in [0.25, 0.3) is 0 Å². The number of aryl methyl sites for hydroxylation is 1. The van der Waals surface area contributed by atoms with Crippen molar-refractivity contribution < 1.29 is 14.7 Å². The van der Waals surface area contributed by atoms with E-state index in [2.05, 4.69) is 22.5 Å². The summed E-state index contributed by atoms with van der Waals surface area (Å²) in [5.74, 6) is -0.633. The number of fused-ring (bicyclic) bond motifs is 1. The van der Waals surface area contributed by atoms with Gasteiger partial charge in [0.1, 0.15) is 10.1 Å². The molecule has 0 radical (unpaired) electrons. The number of allylic oxidation sites excluding steroid dienone is 5. The largest absolute Gasteiger partial charge is 0.508 e. The normalized spacial score (nSPS) is 29.6. The summed E-state index contributed by atoms with van der Waals surface area (Å²) >= 11 is 3.67. The number of Topliss-reactive ketones (excluding diaryl/α,β-unsaturated/α-hetero) is 1. The van der Waals surface area contributed by atoms with Crippen LogP contribution in [-0.2, 0) is 9.59 Å². The predicted octanol–water partition coefficient (Wildman–Crippen LogP) is 4.15. The molecule has 0 unspecified atom stereocenters. The fraction of sp³-hybridized carbons (Fsp3) is 0.300. The molecule has 0 heterocycles. The Morgan fingerprint density at radius 3 is 2.67 bits per heavy atom. The molecule has 1 N–H and O–H groups in total. The fourth-order valence-electron chi connectivity index (χ4n) is 3.75. The predicted molar refractivity (Wildman–Crippen MR) is 97.4 cm³/mol. The standard InChI is InChI=1S/C20H19BrO3/c1-4-13-5-7-15-19(24)12(3)10-17(23)20(15,21)18(13)14-6-8-16(22)11(2)9-14/h4-6,8-10,15,18,22H,1,7H2,2-3H3/t15-,18+,20+/m0/s1. The van der Waals surface area contributed by atoms with Gasteiger partial charge in [-0.25, -0.2) is 0 Å². The van der Waals surface area contributed by atoms with Crippen molar-refractivity contribution in [1.29, 1.82) is 0 Å². The summed E-state index contributed by atoms with van der Waals surface area (Å²) < 4.78 is -1.01. The third kappa shape index (κ3) is 2.32. The second kappa shape index (κ2) is 5.85. The lowest BCUT2D eigenvalue weighted by Crippen LogP contribution is -2.52. The quantitative estimate of drug-likeness (QED) is 0.776. The van der Waals surface area contributed by atoms with Crippen LogP contribution in [-0.4, -0.2) is 21.0 Å². The summed E-state index contributed by atoms with van der Waals surface area (Å²) in [5.41, 5.74) is 3.04. The number of phenols is 1. The number of benzene rings is 1. The molecule has 0 bridgehead atoms. The molecule has 3 nitrogen and oxygen atoms in total. The van der Waals surface area contributed by atoms with E-state index in [0.29, 0.717) is 12.0 Å². The first kappa shape index (κ1) is 16.9. The first-order valence-electron chi connectivity index (χ1n) is 7.88. The van der Waals surface area contributed by atoms with E-state index in [4.69, 9.17) is 0 Å². The zero-order chi connectivity index (χ0) is 17.6. The highest BCUT2D eigenvalue weighted by atomic mass is 79.9. The smallest absolute Gasteiger partial charge is 0.174 e. The van der Waals surface area contributed by atoms with Crippen LogP contribution in [0.15, 0.2) is 54.2 Å². The van der Waals surface area contributed by atoms with Crippen molar-refractivity contribution in [1.82, 2.24) is 0 Å². The van der Waals surface area contributed by atoms with E-state index in [0.717, 1.165) is 16.7 Å². The van der Waals surface area contributed by atoms with Crippen molar-refractivity contribution in [3.05, 3.63) is 65.3 Å². The first-order valence-corrected chi connectivity index (χ1v) is 8.67. The van der Waals surface area contributed by atoms with E-state index in [1.165, 1.54) is 6.08 Å². The van der Waals surface area contributed by atoms with Gasteiger partial charge in [0.2, 0.25) is 0 Å². The van der Waals surface area contributed by atoms with Crippen molar-refractivity contribution in [2.75, 3.05) is 0 Å². The van der Waals surface area contributed by atoms with Crippen LogP contribution >= 0.6 is 15.9 Å². The monoisotopic (exact) mass is 386 g/mol. The maximum Gasteiger partial charge on any atom is 0.174 e. The number of halogens is 1. The maximum atomic E-state index is 12.9. The number of carbonyl (C=O) groups is 2. The number of ketones is 2. The van der Waals surface area contributed by atoms with E-state index < -0.39 is 10.2 Å². The Morgan fingerprint density at radius 1 is 1.33 bits per heavy atom. The van der Waals surface area contributed by atoms with Crippen molar-refractivity contribution in [2.45, 2.75) is 30.5 Å². The summed E-state index contributed by atoms with van der Waals surface area (Å²) in [7, 11) is 0. The Morgan fingerprint density at radius 2 is 2.04 bits per heavy atom. The van der Waals surface area contributed by atoms with Gasteiger partial charge in [-0.2, -0.15) is 0 Å². The van der Waals surface area contributed by atoms with Crippen LogP contribution in [0.4, 0.5) is 0 Å². The lowest BCUT2D eigenvalue weighted by molar-refractivity contribution is -0.128. The van der Waals surface area contributed by atoms with Gasteiger partial charge in [-0.3, -0.25) is 9.59 Å². The molecule has 0 spiro atoms. The van der Waals surface area contributed by atoms with Gasteiger partial charge < -0.3 is 5.11 Å². The molecular weight excluding hydrogens is 368 g/mol. The van der Waals surface area contributed by atoms with E-state index in [9.17, 15) is 14.7 Å². The topological polar surface area (TPSA) is 54.4 Å². The molecule has 4 heteroatoms. The molecule has 0 aliphatic heterocycles. The highest BCUT2D eigenvalue weighted by Crippen LogP contribution is 2.54. The average molecular weight is 387 g/mol. The number of rotatable bonds is 2. The van der Waals surface area contributed by atoms with E-state index >= 15 is 0 Å². The number of phenolic OH excluding ortho intramolecular Hbond substituents is 1. The summed E-state index contributed by atoms with van der Waals surface area (Å²) in [6, 6.07) is 5.30. The SMILES string of the molecule is C=CC1=CC[C@H]2C(=O)C(C)=CC(=O)[C@@]2(Br)[C@H]1c1ccc(O)c(C)c1. The molecule has 1 aromatic rings. The summed E-state index contributed by atoms with van der Waals surface area (Å²) in [6.45, 7) is 7.39. The summed E-state index contributed by atoms with van der Waals surface area (Å²) in [6.07, 6.45) is 5.69. The van der Waals surface area contributed by atoms with E-state index in [1.807, 2.05) is 19.1 Å². The molecule has 1 aromatic carbocycles. The fourth-order valence-corrected chi connectivity index (χ4v) is 4.78. The molecule has 124 valence electrons. The molecule has 0 saturated heterocycles. The third-order valence-electron chi connectivity index (χ3n) is 5.07. The summed E-state index contributed by atoms with van der Waals surface area (Å²) in [4.78, 5) is 25.6. The van der Waals surface area contributed by atoms with Crippen LogP contribution in [0.2, 0.25) is 0 Å². The van der Waals surface area contributed by atoms with Gasteiger partial charge >= 0.3 is 0 Å². The lowest BCUT2D eigenvalue weighted by atomic mass is 9.63. The Hall–Kier alpha value is -1.94. The molecule has 3 atom stereocenters. The van der Waals surface area contributed by atoms with Crippen LogP contribution in [0.25, 0.3) is 0 Å². The second-order valence-electron chi connectivity index (χ2n) is 6.50. The molecule has 2 aliphatic carbocycles. The van der Waals surface area contributed by atoms with Crippen molar-refractivity contribution in [3.8, 4) is 5.75 Å². The Labute approximate surface area is 149 Å². The number of aromatic hydroxyl groups is 1. The second-order valence-corrected chi connectivity index (χ2v) is 7.81. The van der Waals surface area contributed by atoms with E-state index in [-0.39, 0.29) is 23.2 Å². The molecule has 24 heavy (non-hydrogen) atoms. The van der Waals surface area contributed by atoms with Gasteiger partial charge in [0.05, 0.1) is 0 Å². The molecule has 2 aliphatic rings. The minimum Gasteiger partial charge on any atom is -0.508 e. The van der Waals surface area contributed by atoms with Gasteiger partial charge in [-0.15, -0.1) is 0 Å². The number of hydrogen-bond donors (Lipinski definition) is 1. The number of carbonyl (C=O) groups excluding carboxylic acids is 2. The minimum atomic E-state index is -1.01. The zero-order valence-electron chi connectivity index (χ0n) is 13.7. The summed E-state index contributed by atoms with van der Waals surface area (Å²) in [5, 5.41) is 9.81. The van der Waals surface area contributed by atoms with Gasteiger partial charge in [0.15, 0.2) is 11.6 Å². The number of alkyl halides is 1. The lowest BCUT2D eigenvalue weighted by Gasteiger charge is -2.45. The van der Waals surface area contributed by atoms with Gasteiger partial charge in [-0.05, 0) is 54.7 Å². The third-order valence-corrected chi connectivity index (χ3v) is 6.47. The van der Waals surface area contributed by atoms with Crippen LogP contribution in [0.3, 0.4) is 0 Å². The highest BCUT2D eigenvalue weighted by molar-refractivity contribution is 9.10. The molecule has 0 amide bonds. The van der Waals surface area contributed by atoms with Crippen molar-refractivity contribution in [3.63, 3.8) is 0 Å². The van der Waals surface area contributed by atoms with Crippen LogP contribution in [0, 0.1) is 12.8 Å². The molecule has 3 rings (SSSR count). The average Bonchev–Trinajstić information content (AvgIpc) is 2.55. The van der Waals surface area contributed by atoms with Gasteiger partial charge in [-0.1, -0.05) is 46.8 Å². The Balaban J connectivity index is 2.23. The van der Waals surface area contributed by atoms with E-state index in [1.54, 1.807) is 25.1 Å². The van der Waals surface area contributed by atoms with Crippen molar-refractivity contribution >= 4 is 27.5 Å².